The van der Waals surface area contributed by atoms with Gasteiger partial charge < -0.3 is 54.4 Å². The van der Waals surface area contributed by atoms with E-state index in [1.807, 2.05) is 0 Å². The number of carbonyl (C=O) groups is 1. The summed E-state index contributed by atoms with van der Waals surface area (Å²) in [6, 6.07) is 5.82. The average Bonchev–Trinajstić information content (AvgIpc) is 2.80. The number of hydrogen-bond acceptors (Lipinski definition) is 12. The van der Waals surface area contributed by atoms with Crippen LogP contribution in [0.25, 0.3) is 22.3 Å². The summed E-state index contributed by atoms with van der Waals surface area (Å²) in [7, 11) is 1.14. The van der Waals surface area contributed by atoms with Crippen LogP contribution in [-0.2, 0) is 9.53 Å². The zero-order valence-electron chi connectivity index (χ0n) is 17.9. The molecule has 2 aromatic carbocycles. The van der Waals surface area contributed by atoms with Gasteiger partial charge in [0.25, 0.3) is 0 Å². The number of aliphatic carboxylic acids is 1. The van der Waals surface area contributed by atoms with Crippen LogP contribution in [0.4, 0.5) is 0 Å². The van der Waals surface area contributed by atoms with E-state index in [0.717, 1.165) is 25.3 Å². The zero-order valence-corrected chi connectivity index (χ0v) is 17.9. The third kappa shape index (κ3) is 4.17. The van der Waals surface area contributed by atoms with Gasteiger partial charge in [-0.15, -0.1) is 0 Å². The minimum Gasteiger partial charge on any atom is -0.504 e. The van der Waals surface area contributed by atoms with Gasteiger partial charge in [0.2, 0.25) is 12.0 Å². The van der Waals surface area contributed by atoms with E-state index >= 15 is 0 Å². The Hall–Kier alpha value is -4.04. The molecule has 7 N–H and O–H groups in total. The summed E-state index contributed by atoms with van der Waals surface area (Å²) in [6.45, 7) is 0. The molecule has 5 atom stereocenters. The van der Waals surface area contributed by atoms with E-state index in [0.29, 0.717) is 0 Å². The number of hydrogen-bond donors (Lipinski definition) is 7. The van der Waals surface area contributed by atoms with Gasteiger partial charge in [-0.05, 0) is 18.2 Å². The highest BCUT2D eigenvalue weighted by atomic mass is 16.7. The first-order chi connectivity index (χ1) is 16.5. The van der Waals surface area contributed by atoms with Crippen LogP contribution in [0.5, 0.6) is 28.7 Å². The van der Waals surface area contributed by atoms with Crippen molar-refractivity contribution in [3.05, 3.63) is 40.6 Å². The molecular weight excluding hydrogens is 472 g/mol. The first-order valence-electron chi connectivity index (χ1n) is 10.0. The van der Waals surface area contributed by atoms with Gasteiger partial charge in [0.15, 0.2) is 34.5 Å². The van der Waals surface area contributed by atoms with Gasteiger partial charge in [0.1, 0.15) is 35.0 Å². The average molecular weight is 492 g/mol. The van der Waals surface area contributed by atoms with Gasteiger partial charge in [0.05, 0.1) is 7.11 Å². The van der Waals surface area contributed by atoms with Crippen molar-refractivity contribution in [3.8, 4) is 40.1 Å². The van der Waals surface area contributed by atoms with E-state index in [-0.39, 0.29) is 33.8 Å². The molecule has 1 fully saturated rings. The Labute approximate surface area is 195 Å². The van der Waals surface area contributed by atoms with Crippen molar-refractivity contribution in [2.75, 3.05) is 7.11 Å². The van der Waals surface area contributed by atoms with Crippen molar-refractivity contribution in [2.24, 2.45) is 0 Å². The van der Waals surface area contributed by atoms with Crippen LogP contribution in [0.2, 0.25) is 0 Å². The Morgan fingerprint density at radius 2 is 1.69 bits per heavy atom. The second kappa shape index (κ2) is 8.96. The molecule has 1 aliphatic heterocycles. The molecule has 0 spiro atoms. The highest BCUT2D eigenvalue weighted by Gasteiger charge is 2.48. The first-order valence-corrected chi connectivity index (χ1v) is 10.0. The number of carboxylic acids is 1. The molecule has 1 saturated heterocycles. The molecule has 0 amide bonds. The summed E-state index contributed by atoms with van der Waals surface area (Å²) in [5.74, 6) is -3.98. The molecule has 0 unspecified atom stereocenters. The fourth-order valence-corrected chi connectivity index (χ4v) is 3.64. The number of aliphatic hydroxyl groups is 3. The van der Waals surface area contributed by atoms with Crippen molar-refractivity contribution < 1.29 is 59.2 Å². The van der Waals surface area contributed by atoms with Crippen LogP contribution in [0.3, 0.4) is 0 Å². The maximum atomic E-state index is 12.7. The predicted molar refractivity (Wildman–Crippen MR) is 114 cm³/mol. The molecule has 4 rings (SSSR count). The van der Waals surface area contributed by atoms with E-state index in [1.54, 1.807) is 0 Å². The van der Waals surface area contributed by atoms with Gasteiger partial charge in [-0.3, -0.25) is 4.79 Å². The van der Waals surface area contributed by atoms with Gasteiger partial charge in [0, 0.05) is 17.7 Å². The molecule has 35 heavy (non-hydrogen) atoms. The van der Waals surface area contributed by atoms with Crippen molar-refractivity contribution in [2.45, 2.75) is 30.7 Å². The largest absolute Gasteiger partial charge is 0.504 e. The monoisotopic (exact) mass is 492 g/mol. The van der Waals surface area contributed by atoms with Crippen LogP contribution in [0.1, 0.15) is 0 Å². The number of aliphatic hydroxyl groups excluding tert-OH is 3. The molecule has 1 aromatic heterocycles. The Morgan fingerprint density at radius 1 is 0.971 bits per heavy atom. The van der Waals surface area contributed by atoms with Crippen molar-refractivity contribution in [1.82, 2.24) is 0 Å². The molecular formula is C22H20O13. The standard InChI is InChI=1S/C22H20O13/c1-32-19-13(34-22-18(29)16(27)17(28)20(35-22)21(30)31)6-12-14(15(19)26)10(25)5-11(33-12)7-2-3-8(23)9(24)4-7/h2-6,16-18,20,22-24,26-29H,1H3,(H,30,31)/t16-,17+,18+,20-,22+/m1/s1. The number of ether oxygens (including phenoxy) is 3. The molecule has 13 nitrogen and oxygen atoms in total. The number of phenols is 3. The number of aromatic hydroxyl groups is 3. The first kappa shape index (κ1) is 24.1. The molecule has 1 aliphatic rings. The summed E-state index contributed by atoms with van der Waals surface area (Å²) >= 11 is 0. The van der Waals surface area contributed by atoms with E-state index in [9.17, 15) is 45.3 Å². The number of carboxylic acid groups (broad SMARTS) is 1. The third-order valence-corrected chi connectivity index (χ3v) is 5.43. The Morgan fingerprint density at radius 3 is 2.31 bits per heavy atom. The lowest BCUT2D eigenvalue weighted by Crippen LogP contribution is -2.61. The number of methoxy groups -OCH3 is 1. The van der Waals surface area contributed by atoms with Gasteiger partial charge in [-0.25, -0.2) is 4.79 Å². The normalized spacial score (nSPS) is 24.3. The van der Waals surface area contributed by atoms with Crippen LogP contribution in [-0.4, -0.2) is 79.5 Å². The minimum atomic E-state index is -1.95. The van der Waals surface area contributed by atoms with Crippen LogP contribution >= 0.6 is 0 Å². The quantitative estimate of drug-likeness (QED) is 0.231. The second-order valence-electron chi connectivity index (χ2n) is 7.66. The Balaban J connectivity index is 1.81. The highest BCUT2D eigenvalue weighted by Crippen LogP contribution is 2.43. The SMILES string of the molecule is COc1c(O[C@H]2O[C@@H](C(=O)O)[C@@H](O)[C@@H](O)[C@@H]2O)cc2oc(-c3ccc(O)c(O)c3)cc(=O)c2c1O. The van der Waals surface area contributed by atoms with Gasteiger partial charge in [-0.2, -0.15) is 0 Å². The van der Waals surface area contributed by atoms with Gasteiger partial charge >= 0.3 is 5.97 Å². The van der Waals surface area contributed by atoms with Gasteiger partial charge in [-0.1, -0.05) is 0 Å². The van der Waals surface area contributed by atoms with E-state index < -0.39 is 59.4 Å². The molecule has 3 aromatic rings. The van der Waals surface area contributed by atoms with Crippen molar-refractivity contribution >= 4 is 16.9 Å². The third-order valence-electron chi connectivity index (χ3n) is 5.43. The summed E-state index contributed by atoms with van der Waals surface area (Å²) in [5.41, 5.74) is -0.715. The summed E-state index contributed by atoms with van der Waals surface area (Å²) in [5, 5.41) is 68.9. The molecule has 0 bridgehead atoms. The lowest BCUT2D eigenvalue weighted by atomic mass is 9.99. The predicted octanol–water partition coefficient (Wildman–Crippen LogP) is -0.144. The second-order valence-corrected chi connectivity index (χ2v) is 7.66. The van der Waals surface area contributed by atoms with E-state index in [4.69, 9.17) is 18.6 Å². The molecule has 186 valence electrons. The van der Waals surface area contributed by atoms with Crippen LogP contribution in [0.15, 0.2) is 39.5 Å². The minimum absolute atomic E-state index is 0.0493. The lowest BCUT2D eigenvalue weighted by Gasteiger charge is -2.38. The Kier molecular flexibility index (Phi) is 6.17. The fourth-order valence-electron chi connectivity index (χ4n) is 3.64. The topological polar surface area (TPSA) is 217 Å². The molecule has 0 aliphatic carbocycles. The molecule has 2 heterocycles. The van der Waals surface area contributed by atoms with Crippen molar-refractivity contribution in [1.29, 1.82) is 0 Å². The highest BCUT2D eigenvalue weighted by molar-refractivity contribution is 5.89. The molecule has 0 saturated carbocycles. The summed E-state index contributed by atoms with van der Waals surface area (Å²) in [4.78, 5) is 24.1. The number of benzene rings is 2. The lowest BCUT2D eigenvalue weighted by molar-refractivity contribution is -0.271. The maximum absolute atomic E-state index is 12.7. The number of rotatable bonds is 5. The molecule has 13 heteroatoms. The number of phenolic OH excluding ortho intramolecular Hbond substituents is 3. The smallest absolute Gasteiger partial charge is 0.335 e. The maximum Gasteiger partial charge on any atom is 0.335 e. The van der Waals surface area contributed by atoms with Crippen LogP contribution < -0.4 is 14.9 Å². The van der Waals surface area contributed by atoms with E-state index in [2.05, 4.69) is 0 Å². The van der Waals surface area contributed by atoms with Crippen molar-refractivity contribution in [3.63, 3.8) is 0 Å². The van der Waals surface area contributed by atoms with Crippen LogP contribution in [0, 0.1) is 0 Å². The van der Waals surface area contributed by atoms with E-state index in [1.165, 1.54) is 12.1 Å². The number of fused-ring (bicyclic) bond motifs is 1. The summed E-state index contributed by atoms with van der Waals surface area (Å²) in [6.07, 6.45) is -9.56. The zero-order chi connectivity index (χ0) is 25.6. The molecule has 0 radical (unpaired) electrons. The Bertz CT molecular complexity index is 1350. The fraction of sp³-hybridized carbons (Fsp3) is 0.273. The summed E-state index contributed by atoms with van der Waals surface area (Å²) < 4.78 is 21.3.